The predicted octanol–water partition coefficient (Wildman–Crippen LogP) is 5.54. The van der Waals surface area contributed by atoms with Gasteiger partial charge in [-0.05, 0) is 65.1 Å². The summed E-state index contributed by atoms with van der Waals surface area (Å²) in [7, 11) is 0.697. The summed E-state index contributed by atoms with van der Waals surface area (Å²) in [5.41, 5.74) is 4.65. The number of aryl methyl sites for hydroxylation is 4. The molecule has 2 aromatic carbocycles. The van der Waals surface area contributed by atoms with Crippen LogP contribution in [0.25, 0.3) is 11.3 Å². The van der Waals surface area contributed by atoms with Crippen LogP contribution in [0, 0.1) is 33.5 Å². The Morgan fingerprint density at radius 1 is 1.00 bits per heavy atom. The molecule has 0 spiro atoms. The van der Waals surface area contributed by atoms with Gasteiger partial charge >= 0.3 is 13.2 Å². The quantitative estimate of drug-likeness (QED) is 0.350. The van der Waals surface area contributed by atoms with Gasteiger partial charge in [0.1, 0.15) is 11.3 Å². The zero-order valence-electron chi connectivity index (χ0n) is 21.9. The lowest BCUT2D eigenvalue weighted by Crippen LogP contribution is -2.36. The van der Waals surface area contributed by atoms with E-state index in [9.17, 15) is 14.2 Å². The standard InChI is InChI=1S/C17H19ClFN3O2.C9H13BO2/c1-9-7-6-8-10(2)11(9)13-12(19)14(18)21-15(20-13)22-16(23)24-17(3,4)5;1-7-5-4-6-8(2)9(7)10(11)12-3/h6-8H,1-5H3,(H,20,21,22,23);4-6,11H,1-3H3. The van der Waals surface area contributed by atoms with Crippen LogP contribution in [0.3, 0.4) is 0 Å². The molecule has 0 aliphatic carbocycles. The van der Waals surface area contributed by atoms with Crippen LogP contribution >= 0.6 is 11.6 Å². The molecule has 7 nitrogen and oxygen atoms in total. The Morgan fingerprint density at radius 3 is 1.97 bits per heavy atom. The highest BCUT2D eigenvalue weighted by atomic mass is 35.5. The predicted molar refractivity (Wildman–Crippen MR) is 142 cm³/mol. The molecule has 1 amide bonds. The van der Waals surface area contributed by atoms with Gasteiger partial charge in [0.25, 0.3) is 0 Å². The third kappa shape index (κ3) is 7.75. The highest BCUT2D eigenvalue weighted by molar-refractivity contribution is 6.61. The molecule has 0 radical (unpaired) electrons. The van der Waals surface area contributed by atoms with Crippen molar-refractivity contribution in [2.75, 3.05) is 12.4 Å². The second kappa shape index (κ2) is 12.3. The highest BCUT2D eigenvalue weighted by Crippen LogP contribution is 2.31. The van der Waals surface area contributed by atoms with Gasteiger partial charge in [-0.1, -0.05) is 59.1 Å². The number of carbonyl (C=O) groups excluding carboxylic acids is 1. The summed E-state index contributed by atoms with van der Waals surface area (Å²) in [4.78, 5) is 19.7. The van der Waals surface area contributed by atoms with Crippen molar-refractivity contribution in [1.82, 2.24) is 9.97 Å². The summed E-state index contributed by atoms with van der Waals surface area (Å²) in [6, 6.07) is 11.5. The molecule has 2 N–H and O–H groups in total. The smallest absolute Gasteiger partial charge is 0.444 e. The summed E-state index contributed by atoms with van der Waals surface area (Å²) in [6.07, 6.45) is -0.738. The monoisotopic (exact) mass is 515 g/mol. The van der Waals surface area contributed by atoms with E-state index in [0.717, 1.165) is 27.7 Å². The Labute approximate surface area is 217 Å². The highest BCUT2D eigenvalue weighted by Gasteiger charge is 2.21. The van der Waals surface area contributed by atoms with Gasteiger partial charge in [0.2, 0.25) is 5.95 Å². The normalized spacial score (nSPS) is 10.9. The molecule has 36 heavy (non-hydrogen) atoms. The Kier molecular flexibility index (Phi) is 9.98. The first kappa shape index (κ1) is 29.2. The summed E-state index contributed by atoms with van der Waals surface area (Å²) in [5.74, 6) is -0.850. The SMILES string of the molecule is COB(O)c1c(C)cccc1C.Cc1cccc(C)c1-c1nc(NC(=O)OC(C)(C)C)nc(Cl)c1F. The third-order valence-electron chi connectivity index (χ3n) is 5.15. The van der Waals surface area contributed by atoms with E-state index in [1.54, 1.807) is 20.8 Å². The molecule has 0 unspecified atom stereocenters. The van der Waals surface area contributed by atoms with E-state index in [1.165, 1.54) is 7.11 Å². The largest absolute Gasteiger partial charge is 0.491 e. The summed E-state index contributed by atoms with van der Waals surface area (Å²) in [5, 5.41) is 11.5. The maximum Gasteiger partial charge on any atom is 0.491 e. The van der Waals surface area contributed by atoms with Crippen LogP contribution in [0.1, 0.15) is 43.0 Å². The molecule has 3 rings (SSSR count). The molecular formula is C26H32BClFN3O4. The van der Waals surface area contributed by atoms with E-state index >= 15 is 0 Å². The Balaban J connectivity index is 0.000000319. The number of hydrogen-bond acceptors (Lipinski definition) is 6. The fourth-order valence-corrected chi connectivity index (χ4v) is 3.73. The molecule has 0 aliphatic rings. The minimum absolute atomic E-state index is 0.0386. The van der Waals surface area contributed by atoms with Crippen molar-refractivity contribution in [3.63, 3.8) is 0 Å². The van der Waals surface area contributed by atoms with Crippen LogP contribution in [-0.4, -0.2) is 40.9 Å². The van der Waals surface area contributed by atoms with Crippen molar-refractivity contribution < 1.29 is 23.6 Å². The lowest BCUT2D eigenvalue weighted by Gasteiger charge is -2.19. The number of aromatic nitrogens is 2. The average molecular weight is 516 g/mol. The number of halogens is 2. The van der Waals surface area contributed by atoms with Crippen molar-refractivity contribution in [3.05, 3.63) is 69.6 Å². The van der Waals surface area contributed by atoms with Gasteiger partial charge in [0.15, 0.2) is 11.0 Å². The van der Waals surface area contributed by atoms with E-state index in [4.69, 9.17) is 21.0 Å². The minimum atomic E-state index is -0.800. The number of nitrogens with zero attached hydrogens (tertiary/aromatic N) is 2. The second-order valence-corrected chi connectivity index (χ2v) is 9.65. The number of benzene rings is 2. The minimum Gasteiger partial charge on any atom is -0.444 e. The number of ether oxygens (including phenoxy) is 1. The Hall–Kier alpha value is -3.01. The van der Waals surface area contributed by atoms with E-state index in [1.807, 2.05) is 64.1 Å². The number of anilines is 1. The second-order valence-electron chi connectivity index (χ2n) is 9.29. The topological polar surface area (TPSA) is 93.6 Å². The maximum atomic E-state index is 14.4. The van der Waals surface area contributed by atoms with Gasteiger partial charge in [-0.2, -0.15) is 4.98 Å². The molecule has 0 saturated heterocycles. The fraction of sp³-hybridized carbons (Fsp3) is 0.346. The summed E-state index contributed by atoms with van der Waals surface area (Å²) >= 11 is 5.87. The average Bonchev–Trinajstić information content (AvgIpc) is 2.75. The van der Waals surface area contributed by atoms with Crippen molar-refractivity contribution in [2.24, 2.45) is 0 Å². The lowest BCUT2D eigenvalue weighted by molar-refractivity contribution is 0.0634. The van der Waals surface area contributed by atoms with Crippen molar-refractivity contribution in [1.29, 1.82) is 0 Å². The Bertz CT molecular complexity index is 1190. The number of amides is 1. The van der Waals surface area contributed by atoms with Crippen molar-refractivity contribution in [2.45, 2.75) is 54.1 Å². The van der Waals surface area contributed by atoms with Crippen molar-refractivity contribution in [3.8, 4) is 11.3 Å². The first-order valence-electron chi connectivity index (χ1n) is 11.3. The third-order valence-corrected chi connectivity index (χ3v) is 5.40. The first-order valence-corrected chi connectivity index (χ1v) is 11.7. The van der Waals surface area contributed by atoms with E-state index in [-0.39, 0.29) is 16.8 Å². The lowest BCUT2D eigenvalue weighted by atomic mass is 9.74. The maximum absolute atomic E-state index is 14.4. The van der Waals surface area contributed by atoms with Crippen LogP contribution in [-0.2, 0) is 9.39 Å². The van der Waals surface area contributed by atoms with Gasteiger partial charge in [-0.3, -0.25) is 5.32 Å². The Morgan fingerprint density at radius 2 is 1.50 bits per heavy atom. The van der Waals surface area contributed by atoms with Gasteiger partial charge in [0.05, 0.1) is 0 Å². The van der Waals surface area contributed by atoms with E-state index in [2.05, 4.69) is 15.3 Å². The van der Waals surface area contributed by atoms with Crippen LogP contribution < -0.4 is 10.8 Å². The number of carbonyl (C=O) groups is 1. The fourth-order valence-electron chi connectivity index (χ4n) is 3.56. The zero-order chi connectivity index (χ0) is 27.2. The molecule has 0 saturated carbocycles. The molecular weight excluding hydrogens is 484 g/mol. The number of rotatable bonds is 4. The van der Waals surface area contributed by atoms with Crippen LogP contribution in [0.5, 0.6) is 0 Å². The molecule has 1 aromatic heterocycles. The van der Waals surface area contributed by atoms with Gasteiger partial charge in [0, 0.05) is 12.7 Å². The van der Waals surface area contributed by atoms with Crippen LogP contribution in [0.15, 0.2) is 36.4 Å². The van der Waals surface area contributed by atoms with Gasteiger partial charge < -0.3 is 14.4 Å². The molecule has 10 heteroatoms. The molecule has 192 valence electrons. The van der Waals surface area contributed by atoms with Gasteiger partial charge in [-0.15, -0.1) is 0 Å². The molecule has 0 fully saturated rings. The van der Waals surface area contributed by atoms with E-state index in [0.29, 0.717) is 5.56 Å². The van der Waals surface area contributed by atoms with Crippen LogP contribution in [0.2, 0.25) is 5.15 Å². The molecule has 1 heterocycles. The first-order chi connectivity index (χ1) is 16.7. The summed E-state index contributed by atoms with van der Waals surface area (Å²) in [6.45, 7) is 12.8. The number of hydrogen-bond donors (Lipinski definition) is 2. The molecule has 0 aliphatic heterocycles. The zero-order valence-corrected chi connectivity index (χ0v) is 22.6. The van der Waals surface area contributed by atoms with Crippen LogP contribution in [0.4, 0.5) is 15.1 Å². The summed E-state index contributed by atoms with van der Waals surface area (Å²) < 4.78 is 24.4. The molecule has 0 bridgehead atoms. The molecule has 0 atom stereocenters. The van der Waals surface area contributed by atoms with Crippen molar-refractivity contribution >= 4 is 36.2 Å². The van der Waals surface area contributed by atoms with E-state index < -0.39 is 24.6 Å². The van der Waals surface area contributed by atoms with Gasteiger partial charge in [-0.25, -0.2) is 14.2 Å². The number of nitrogens with one attached hydrogen (secondary N) is 1. The molecule has 3 aromatic rings.